The van der Waals surface area contributed by atoms with Crippen LogP contribution >= 0.6 is 0 Å². The Balaban J connectivity index is 1.49. The van der Waals surface area contributed by atoms with Crippen molar-refractivity contribution in [2.75, 3.05) is 26.2 Å². The third kappa shape index (κ3) is 2.47. The molecular weight excluding hydrogens is 282 g/mol. The van der Waals surface area contributed by atoms with Gasteiger partial charge in [-0.2, -0.15) is 0 Å². The van der Waals surface area contributed by atoms with E-state index in [2.05, 4.69) is 4.98 Å². The first kappa shape index (κ1) is 13.7. The zero-order chi connectivity index (χ0) is 15.1. The second-order valence-corrected chi connectivity index (χ2v) is 6.33. The van der Waals surface area contributed by atoms with Crippen LogP contribution in [0.5, 0.6) is 0 Å². The molecule has 0 aromatic carbocycles. The maximum Gasteiger partial charge on any atom is 0.272 e. The molecule has 0 N–H and O–H groups in total. The molecular formula is C16H19N3O3. The van der Waals surface area contributed by atoms with Crippen molar-refractivity contribution in [3.05, 3.63) is 30.1 Å². The van der Waals surface area contributed by atoms with Crippen LogP contribution in [0, 0.1) is 5.92 Å². The highest BCUT2D eigenvalue weighted by Gasteiger charge is 2.46. The first-order chi connectivity index (χ1) is 10.7. The Kier molecular flexibility index (Phi) is 3.33. The molecule has 2 aliphatic heterocycles. The second kappa shape index (κ2) is 5.35. The number of pyridine rings is 1. The lowest BCUT2D eigenvalue weighted by molar-refractivity contribution is -0.153. The smallest absolute Gasteiger partial charge is 0.272 e. The van der Waals surface area contributed by atoms with E-state index in [0.717, 1.165) is 6.54 Å². The summed E-state index contributed by atoms with van der Waals surface area (Å²) in [7, 11) is 0. The number of amides is 2. The topological polar surface area (TPSA) is 62.7 Å². The molecule has 3 fully saturated rings. The highest BCUT2D eigenvalue weighted by molar-refractivity contribution is 5.92. The van der Waals surface area contributed by atoms with E-state index >= 15 is 0 Å². The van der Waals surface area contributed by atoms with Gasteiger partial charge in [-0.05, 0) is 30.9 Å². The summed E-state index contributed by atoms with van der Waals surface area (Å²) in [6, 6.07) is 5.32. The summed E-state index contributed by atoms with van der Waals surface area (Å²) in [6.45, 7) is 2.03. The van der Waals surface area contributed by atoms with Crippen LogP contribution in [0.3, 0.4) is 0 Å². The largest absolute Gasteiger partial charge is 0.364 e. The molecule has 6 heteroatoms. The molecule has 2 amide bonds. The minimum absolute atomic E-state index is 0.00508. The number of rotatable bonds is 3. The molecule has 4 rings (SSSR count). The Hall–Kier alpha value is -1.95. The normalized spacial score (nSPS) is 27.9. The molecule has 1 aromatic heterocycles. The SMILES string of the molecule is O=C(c1ccccn1)N1C[C@@H]2OCC(=O)N(CC3CC3)[C@@H]2C1. The summed E-state index contributed by atoms with van der Waals surface area (Å²) in [5, 5.41) is 0. The maximum atomic E-state index is 12.5. The quantitative estimate of drug-likeness (QED) is 0.817. The van der Waals surface area contributed by atoms with Crippen molar-refractivity contribution < 1.29 is 14.3 Å². The lowest BCUT2D eigenvalue weighted by Gasteiger charge is -2.36. The number of hydrogen-bond donors (Lipinski definition) is 0. The van der Waals surface area contributed by atoms with Gasteiger partial charge in [-0.1, -0.05) is 6.07 Å². The Labute approximate surface area is 129 Å². The summed E-state index contributed by atoms with van der Waals surface area (Å²) in [5.41, 5.74) is 0.446. The number of ether oxygens (including phenoxy) is 1. The van der Waals surface area contributed by atoms with Crippen LogP contribution in [0.15, 0.2) is 24.4 Å². The zero-order valence-electron chi connectivity index (χ0n) is 12.4. The van der Waals surface area contributed by atoms with E-state index in [1.54, 1.807) is 23.2 Å². The van der Waals surface area contributed by atoms with Gasteiger partial charge in [0.05, 0.1) is 12.1 Å². The minimum Gasteiger partial charge on any atom is -0.364 e. The molecule has 2 atom stereocenters. The van der Waals surface area contributed by atoms with Crippen LogP contribution in [0.25, 0.3) is 0 Å². The van der Waals surface area contributed by atoms with Crippen molar-refractivity contribution in [3.63, 3.8) is 0 Å². The highest BCUT2D eigenvalue weighted by Crippen LogP contribution is 2.33. The Bertz CT molecular complexity index is 588. The number of carbonyl (C=O) groups is 2. The van der Waals surface area contributed by atoms with Crippen LogP contribution in [-0.4, -0.2) is 65.0 Å². The van der Waals surface area contributed by atoms with Crippen molar-refractivity contribution >= 4 is 11.8 Å². The van der Waals surface area contributed by atoms with E-state index in [-0.39, 0.29) is 30.6 Å². The molecule has 0 unspecified atom stereocenters. The van der Waals surface area contributed by atoms with Crippen LogP contribution < -0.4 is 0 Å². The zero-order valence-corrected chi connectivity index (χ0v) is 12.4. The molecule has 22 heavy (non-hydrogen) atoms. The van der Waals surface area contributed by atoms with Crippen molar-refractivity contribution in [3.8, 4) is 0 Å². The maximum absolute atomic E-state index is 12.5. The first-order valence-corrected chi connectivity index (χ1v) is 7.84. The van der Waals surface area contributed by atoms with Gasteiger partial charge in [0.1, 0.15) is 12.3 Å². The lowest BCUT2D eigenvalue weighted by atomic mass is 10.1. The minimum atomic E-state index is -0.0857. The number of hydrogen-bond acceptors (Lipinski definition) is 4. The summed E-state index contributed by atoms with van der Waals surface area (Å²) in [4.78, 5) is 32.5. The lowest BCUT2D eigenvalue weighted by Crippen LogP contribution is -2.54. The van der Waals surface area contributed by atoms with Crippen molar-refractivity contribution in [1.29, 1.82) is 0 Å². The molecule has 0 spiro atoms. The molecule has 6 nitrogen and oxygen atoms in total. The summed E-state index contributed by atoms with van der Waals surface area (Å²) < 4.78 is 5.66. The van der Waals surface area contributed by atoms with Crippen LogP contribution in [0.1, 0.15) is 23.3 Å². The molecule has 0 bridgehead atoms. The van der Waals surface area contributed by atoms with Gasteiger partial charge in [0.2, 0.25) is 5.91 Å². The van der Waals surface area contributed by atoms with Crippen LogP contribution in [0.2, 0.25) is 0 Å². The van der Waals surface area contributed by atoms with Gasteiger partial charge in [0.25, 0.3) is 5.91 Å². The van der Waals surface area contributed by atoms with Gasteiger partial charge in [-0.3, -0.25) is 14.6 Å². The molecule has 1 saturated carbocycles. The molecule has 1 aliphatic carbocycles. The van der Waals surface area contributed by atoms with Crippen LogP contribution in [-0.2, 0) is 9.53 Å². The second-order valence-electron chi connectivity index (χ2n) is 6.33. The van der Waals surface area contributed by atoms with E-state index in [1.807, 2.05) is 11.0 Å². The highest BCUT2D eigenvalue weighted by atomic mass is 16.5. The predicted molar refractivity (Wildman–Crippen MR) is 78.1 cm³/mol. The Morgan fingerprint density at radius 1 is 1.32 bits per heavy atom. The molecule has 2 saturated heterocycles. The van der Waals surface area contributed by atoms with Gasteiger partial charge in [0.15, 0.2) is 0 Å². The van der Waals surface area contributed by atoms with Gasteiger partial charge in [-0.25, -0.2) is 0 Å². The third-order valence-electron chi connectivity index (χ3n) is 4.70. The Morgan fingerprint density at radius 3 is 2.91 bits per heavy atom. The fourth-order valence-electron chi connectivity index (χ4n) is 3.30. The summed E-state index contributed by atoms with van der Waals surface area (Å²) >= 11 is 0. The number of fused-ring (bicyclic) bond motifs is 1. The van der Waals surface area contributed by atoms with Gasteiger partial charge >= 0.3 is 0 Å². The van der Waals surface area contributed by atoms with E-state index in [0.29, 0.717) is 24.7 Å². The Morgan fingerprint density at radius 2 is 2.18 bits per heavy atom. The van der Waals surface area contributed by atoms with E-state index in [9.17, 15) is 9.59 Å². The number of nitrogens with zero attached hydrogens (tertiary/aromatic N) is 3. The summed E-state index contributed by atoms with van der Waals surface area (Å²) in [6.07, 6.45) is 3.97. The standard InChI is InChI=1S/C16H19N3O3/c20-15-10-22-14-9-18(16(21)12-3-1-2-6-17-12)8-13(14)19(15)7-11-4-5-11/h1-3,6,11,13-14H,4-5,7-10H2/t13-,14+/m1/s1. The third-order valence-corrected chi connectivity index (χ3v) is 4.70. The molecule has 3 aliphatic rings. The van der Waals surface area contributed by atoms with E-state index in [4.69, 9.17) is 4.74 Å². The predicted octanol–water partition coefficient (Wildman–Crippen LogP) is 0.543. The van der Waals surface area contributed by atoms with Crippen molar-refractivity contribution in [2.24, 2.45) is 5.92 Å². The van der Waals surface area contributed by atoms with E-state index in [1.165, 1.54) is 12.8 Å². The summed E-state index contributed by atoms with van der Waals surface area (Å²) in [5.74, 6) is 0.612. The molecule has 116 valence electrons. The number of aromatic nitrogens is 1. The fraction of sp³-hybridized carbons (Fsp3) is 0.562. The average molecular weight is 301 g/mol. The first-order valence-electron chi connectivity index (χ1n) is 7.84. The molecule has 1 aromatic rings. The molecule has 0 radical (unpaired) electrons. The molecule has 3 heterocycles. The number of morpholine rings is 1. The monoisotopic (exact) mass is 301 g/mol. The van der Waals surface area contributed by atoms with Gasteiger partial charge in [-0.15, -0.1) is 0 Å². The van der Waals surface area contributed by atoms with Crippen molar-refractivity contribution in [2.45, 2.75) is 25.0 Å². The van der Waals surface area contributed by atoms with Gasteiger partial charge in [0, 0.05) is 25.8 Å². The van der Waals surface area contributed by atoms with Crippen LogP contribution in [0.4, 0.5) is 0 Å². The van der Waals surface area contributed by atoms with E-state index < -0.39 is 0 Å². The number of likely N-dealkylation sites (tertiary alicyclic amines) is 1. The van der Waals surface area contributed by atoms with Gasteiger partial charge < -0.3 is 14.5 Å². The number of carbonyl (C=O) groups excluding carboxylic acids is 2. The van der Waals surface area contributed by atoms with Crippen molar-refractivity contribution in [1.82, 2.24) is 14.8 Å². The average Bonchev–Trinajstić information content (AvgIpc) is 3.26. The fourth-order valence-corrected chi connectivity index (χ4v) is 3.30.